The number of aromatic nitrogens is 1. The second-order valence-corrected chi connectivity index (χ2v) is 6.89. The van der Waals surface area contributed by atoms with Crippen molar-refractivity contribution >= 4 is 0 Å². The Morgan fingerprint density at radius 1 is 1.45 bits per heavy atom. The molecule has 3 atom stereocenters. The van der Waals surface area contributed by atoms with E-state index in [0.717, 1.165) is 30.8 Å². The maximum atomic E-state index is 10.7. The molecule has 0 aliphatic carbocycles. The molecule has 2 saturated heterocycles. The maximum Gasteiger partial charge on any atom is 0.138 e. The van der Waals surface area contributed by atoms with Gasteiger partial charge in [0.25, 0.3) is 0 Å². The molecule has 122 valence electrons. The zero-order chi connectivity index (χ0) is 15.7. The van der Waals surface area contributed by atoms with Crippen LogP contribution in [0.15, 0.2) is 12.1 Å². The van der Waals surface area contributed by atoms with Gasteiger partial charge in [-0.1, -0.05) is 0 Å². The lowest BCUT2D eigenvalue weighted by Crippen LogP contribution is -2.52. The van der Waals surface area contributed by atoms with Crippen LogP contribution in [0.25, 0.3) is 0 Å². The van der Waals surface area contributed by atoms with Gasteiger partial charge in [-0.2, -0.15) is 0 Å². The van der Waals surface area contributed by atoms with E-state index in [4.69, 9.17) is 4.74 Å². The van der Waals surface area contributed by atoms with Crippen LogP contribution in [0.1, 0.15) is 37.6 Å². The van der Waals surface area contributed by atoms with E-state index >= 15 is 0 Å². The fourth-order valence-electron chi connectivity index (χ4n) is 3.80. The molecule has 1 aromatic heterocycles. The van der Waals surface area contributed by atoms with Gasteiger partial charge in [0.15, 0.2) is 0 Å². The molecule has 0 aromatic carbocycles. The van der Waals surface area contributed by atoms with Crippen molar-refractivity contribution in [3.05, 3.63) is 23.5 Å². The zero-order valence-corrected chi connectivity index (χ0v) is 13.5. The highest BCUT2D eigenvalue weighted by Crippen LogP contribution is 2.36. The minimum atomic E-state index is -0.673. The van der Waals surface area contributed by atoms with Crippen molar-refractivity contribution < 1.29 is 14.9 Å². The summed E-state index contributed by atoms with van der Waals surface area (Å²) >= 11 is 0. The average Bonchev–Trinajstić information content (AvgIpc) is 2.90. The smallest absolute Gasteiger partial charge is 0.138 e. The highest BCUT2D eigenvalue weighted by Gasteiger charge is 2.44. The molecule has 2 N–H and O–H groups in total. The van der Waals surface area contributed by atoms with Crippen molar-refractivity contribution in [1.82, 2.24) is 9.88 Å². The molecule has 0 bridgehead atoms. The molecule has 0 amide bonds. The van der Waals surface area contributed by atoms with E-state index in [0.29, 0.717) is 26.2 Å². The van der Waals surface area contributed by atoms with Crippen LogP contribution in [-0.4, -0.2) is 51.5 Å². The van der Waals surface area contributed by atoms with Gasteiger partial charge < -0.3 is 14.9 Å². The molecule has 2 fully saturated rings. The summed E-state index contributed by atoms with van der Waals surface area (Å²) in [5.74, 6) is 0.374. The Morgan fingerprint density at radius 2 is 2.27 bits per heavy atom. The third kappa shape index (κ3) is 3.12. The number of nitrogens with zero attached hydrogens (tertiary/aromatic N) is 2. The predicted molar refractivity (Wildman–Crippen MR) is 83.6 cm³/mol. The summed E-state index contributed by atoms with van der Waals surface area (Å²) in [5, 5.41) is 20.7. The van der Waals surface area contributed by atoms with Gasteiger partial charge in [0, 0.05) is 30.8 Å². The number of hydrogen-bond acceptors (Lipinski definition) is 5. The average molecular weight is 306 g/mol. The van der Waals surface area contributed by atoms with E-state index < -0.39 is 5.60 Å². The molecule has 5 nitrogen and oxygen atoms in total. The minimum absolute atomic E-state index is 0.121. The molecule has 3 heterocycles. The number of ether oxygens (including phenoxy) is 1. The van der Waals surface area contributed by atoms with E-state index in [1.165, 1.54) is 0 Å². The molecular weight excluding hydrogens is 280 g/mol. The molecule has 2 aliphatic heterocycles. The van der Waals surface area contributed by atoms with Gasteiger partial charge in [-0.3, -0.25) is 9.88 Å². The number of hydrogen-bond donors (Lipinski definition) is 2. The van der Waals surface area contributed by atoms with Crippen LogP contribution < -0.4 is 0 Å². The third-order valence-electron chi connectivity index (χ3n) is 5.17. The highest BCUT2D eigenvalue weighted by molar-refractivity contribution is 5.27. The normalized spacial score (nSPS) is 33.2. The van der Waals surface area contributed by atoms with Crippen LogP contribution in [0.5, 0.6) is 5.75 Å². The first kappa shape index (κ1) is 15.7. The van der Waals surface area contributed by atoms with Crippen LogP contribution in [0.2, 0.25) is 0 Å². The molecule has 5 heteroatoms. The van der Waals surface area contributed by atoms with Gasteiger partial charge >= 0.3 is 0 Å². The molecule has 2 aliphatic rings. The summed E-state index contributed by atoms with van der Waals surface area (Å²) < 4.78 is 5.62. The maximum absolute atomic E-state index is 10.7. The number of aromatic hydroxyl groups is 1. The Hall–Kier alpha value is -1.17. The summed E-state index contributed by atoms with van der Waals surface area (Å²) in [6.45, 7) is 6.72. The second kappa shape index (κ2) is 6.14. The number of pyridine rings is 1. The van der Waals surface area contributed by atoms with Gasteiger partial charge in [-0.05, 0) is 51.8 Å². The van der Waals surface area contributed by atoms with Crippen LogP contribution in [0, 0.1) is 12.8 Å². The molecule has 0 radical (unpaired) electrons. The van der Waals surface area contributed by atoms with Crippen molar-refractivity contribution in [3.63, 3.8) is 0 Å². The lowest BCUT2D eigenvalue weighted by molar-refractivity contribution is -0.123. The van der Waals surface area contributed by atoms with E-state index in [1.54, 1.807) is 6.07 Å². The summed E-state index contributed by atoms with van der Waals surface area (Å²) in [4.78, 5) is 6.81. The van der Waals surface area contributed by atoms with E-state index in [-0.39, 0.29) is 17.7 Å². The first-order valence-corrected chi connectivity index (χ1v) is 8.17. The minimum Gasteiger partial charge on any atom is -0.506 e. The molecule has 0 unspecified atom stereocenters. The monoisotopic (exact) mass is 306 g/mol. The number of likely N-dealkylation sites (tertiary alicyclic amines) is 1. The summed E-state index contributed by atoms with van der Waals surface area (Å²) in [6.07, 6.45) is 2.87. The summed E-state index contributed by atoms with van der Waals surface area (Å²) in [6, 6.07) is 3.82. The number of rotatable bonds is 3. The largest absolute Gasteiger partial charge is 0.506 e. The fourth-order valence-corrected chi connectivity index (χ4v) is 3.80. The molecular formula is C17H26N2O3. The molecule has 1 aromatic rings. The van der Waals surface area contributed by atoms with Crippen LogP contribution in [0.3, 0.4) is 0 Å². The molecule has 3 rings (SSSR count). The predicted octanol–water partition coefficient (Wildman–Crippen LogP) is 1.85. The van der Waals surface area contributed by atoms with Gasteiger partial charge in [0.05, 0.1) is 17.9 Å². The van der Waals surface area contributed by atoms with E-state index in [2.05, 4.69) is 9.88 Å². The SMILES string of the molecule is Cc1ccc(O)c(CN2CCC[C@@H]2[C@@H]2COCC[C@]2(C)O)n1. The fraction of sp³-hybridized carbons (Fsp3) is 0.706. The van der Waals surface area contributed by atoms with E-state index in [1.807, 2.05) is 19.9 Å². The van der Waals surface area contributed by atoms with Gasteiger partial charge in [0.1, 0.15) is 5.75 Å². The van der Waals surface area contributed by atoms with Crippen molar-refractivity contribution in [3.8, 4) is 5.75 Å². The van der Waals surface area contributed by atoms with Gasteiger partial charge in [-0.15, -0.1) is 0 Å². The quantitative estimate of drug-likeness (QED) is 0.892. The summed E-state index contributed by atoms with van der Waals surface area (Å²) in [7, 11) is 0. The zero-order valence-electron chi connectivity index (χ0n) is 13.5. The first-order valence-electron chi connectivity index (χ1n) is 8.17. The van der Waals surface area contributed by atoms with Crippen LogP contribution >= 0.6 is 0 Å². The van der Waals surface area contributed by atoms with Crippen LogP contribution in [-0.2, 0) is 11.3 Å². The van der Waals surface area contributed by atoms with E-state index in [9.17, 15) is 10.2 Å². The molecule has 0 spiro atoms. The van der Waals surface area contributed by atoms with Crippen LogP contribution in [0.4, 0.5) is 0 Å². The topological polar surface area (TPSA) is 65.8 Å². The lowest BCUT2D eigenvalue weighted by Gasteiger charge is -2.43. The number of aryl methyl sites for hydroxylation is 1. The standard InChI is InChI=1S/C17H26N2O3/c1-12-5-6-16(20)14(18-12)10-19-8-3-4-15(19)13-11-22-9-7-17(13,2)21/h5-6,13,15,20-21H,3-4,7-11H2,1-2H3/t13-,15+,17-/m0/s1. The Kier molecular flexibility index (Phi) is 4.39. The van der Waals surface area contributed by atoms with Gasteiger partial charge in [0.2, 0.25) is 0 Å². The Bertz CT molecular complexity index is 533. The van der Waals surface area contributed by atoms with Crippen molar-refractivity contribution in [1.29, 1.82) is 0 Å². The first-order chi connectivity index (χ1) is 10.5. The highest BCUT2D eigenvalue weighted by atomic mass is 16.5. The molecule has 0 saturated carbocycles. The second-order valence-electron chi connectivity index (χ2n) is 6.89. The lowest BCUT2D eigenvalue weighted by atomic mass is 9.79. The molecule has 22 heavy (non-hydrogen) atoms. The van der Waals surface area contributed by atoms with Crippen molar-refractivity contribution in [2.75, 3.05) is 19.8 Å². The van der Waals surface area contributed by atoms with Crippen molar-refractivity contribution in [2.24, 2.45) is 5.92 Å². The summed E-state index contributed by atoms with van der Waals surface area (Å²) in [5.41, 5.74) is 0.966. The van der Waals surface area contributed by atoms with Crippen molar-refractivity contribution in [2.45, 2.75) is 51.3 Å². The van der Waals surface area contributed by atoms with Gasteiger partial charge in [-0.25, -0.2) is 0 Å². The third-order valence-corrected chi connectivity index (χ3v) is 5.17. The number of aliphatic hydroxyl groups is 1. The Morgan fingerprint density at radius 3 is 3.05 bits per heavy atom. The Labute approximate surface area is 131 Å². The Balaban J connectivity index is 1.77.